The average Bonchev–Trinajstić information content (AvgIpc) is 2.38. The molecule has 0 aliphatic heterocycles. The van der Waals surface area contributed by atoms with Crippen molar-refractivity contribution in [2.24, 2.45) is 0 Å². The fourth-order valence-corrected chi connectivity index (χ4v) is 1.93. The van der Waals surface area contributed by atoms with Crippen LogP contribution in [0.15, 0.2) is 42.5 Å². The molecule has 2 rings (SSSR count). The first-order valence-corrected chi connectivity index (χ1v) is 6.32. The second kappa shape index (κ2) is 6.07. The standard InChI is InChI=1S/C14H11Cl2FO/c15-8-10-3-1-4-11(7-10)18-9-12-13(16)5-2-6-14(12)17/h1-7H,8-9H2. The molecular formula is C14H11Cl2FO. The molecule has 0 fully saturated rings. The highest BCUT2D eigenvalue weighted by Gasteiger charge is 2.07. The third kappa shape index (κ3) is 3.15. The highest BCUT2D eigenvalue weighted by atomic mass is 35.5. The number of halogens is 3. The van der Waals surface area contributed by atoms with Gasteiger partial charge in [0.05, 0.1) is 5.02 Å². The van der Waals surface area contributed by atoms with Crippen LogP contribution >= 0.6 is 23.2 Å². The molecule has 0 atom stereocenters. The molecule has 2 aromatic rings. The smallest absolute Gasteiger partial charge is 0.131 e. The van der Waals surface area contributed by atoms with Crippen molar-refractivity contribution in [3.8, 4) is 5.75 Å². The van der Waals surface area contributed by atoms with Crippen molar-refractivity contribution in [3.05, 3.63) is 64.4 Å². The van der Waals surface area contributed by atoms with Crippen molar-refractivity contribution >= 4 is 23.2 Å². The minimum absolute atomic E-state index is 0.0945. The maximum absolute atomic E-state index is 13.5. The molecule has 94 valence electrons. The van der Waals surface area contributed by atoms with Gasteiger partial charge in [-0.15, -0.1) is 11.6 Å². The summed E-state index contributed by atoms with van der Waals surface area (Å²) < 4.78 is 19.0. The number of benzene rings is 2. The zero-order valence-corrected chi connectivity index (χ0v) is 11.0. The Hall–Kier alpha value is -1.25. The molecule has 1 nitrogen and oxygen atoms in total. The maximum atomic E-state index is 13.5. The predicted molar refractivity (Wildman–Crippen MR) is 71.7 cm³/mol. The number of ether oxygens (including phenoxy) is 1. The molecule has 0 amide bonds. The van der Waals surface area contributed by atoms with Crippen LogP contribution in [0.5, 0.6) is 5.75 Å². The molecule has 4 heteroatoms. The summed E-state index contributed by atoms with van der Waals surface area (Å²) in [7, 11) is 0. The van der Waals surface area contributed by atoms with E-state index in [4.69, 9.17) is 27.9 Å². The van der Waals surface area contributed by atoms with Crippen LogP contribution in [0.1, 0.15) is 11.1 Å². The van der Waals surface area contributed by atoms with Gasteiger partial charge >= 0.3 is 0 Å². The van der Waals surface area contributed by atoms with Crippen LogP contribution in [0.2, 0.25) is 5.02 Å². The quantitative estimate of drug-likeness (QED) is 0.733. The number of hydrogen-bond acceptors (Lipinski definition) is 1. The minimum atomic E-state index is -0.365. The lowest BCUT2D eigenvalue weighted by Crippen LogP contribution is -1.99. The molecule has 0 bridgehead atoms. The molecule has 0 aliphatic rings. The van der Waals surface area contributed by atoms with Crippen LogP contribution in [-0.2, 0) is 12.5 Å². The second-order valence-corrected chi connectivity index (χ2v) is 4.44. The zero-order valence-electron chi connectivity index (χ0n) is 9.50. The van der Waals surface area contributed by atoms with Gasteiger partial charge in [0.15, 0.2) is 0 Å². The molecular weight excluding hydrogens is 274 g/mol. The molecule has 0 aromatic heterocycles. The van der Waals surface area contributed by atoms with Crippen molar-refractivity contribution < 1.29 is 9.13 Å². The molecule has 0 saturated carbocycles. The lowest BCUT2D eigenvalue weighted by Gasteiger charge is -2.09. The van der Waals surface area contributed by atoms with E-state index in [9.17, 15) is 4.39 Å². The Morgan fingerprint density at radius 3 is 2.61 bits per heavy atom. The Kier molecular flexibility index (Phi) is 4.45. The first-order valence-electron chi connectivity index (χ1n) is 5.41. The van der Waals surface area contributed by atoms with Crippen LogP contribution in [0, 0.1) is 5.82 Å². The van der Waals surface area contributed by atoms with Gasteiger partial charge in [-0.1, -0.05) is 29.8 Å². The van der Waals surface area contributed by atoms with E-state index in [0.29, 0.717) is 22.2 Å². The van der Waals surface area contributed by atoms with Crippen LogP contribution in [-0.4, -0.2) is 0 Å². The summed E-state index contributed by atoms with van der Waals surface area (Å²) in [6, 6.07) is 11.9. The Morgan fingerprint density at radius 1 is 1.11 bits per heavy atom. The van der Waals surface area contributed by atoms with Crippen molar-refractivity contribution in [2.45, 2.75) is 12.5 Å². The van der Waals surface area contributed by atoms with Crippen molar-refractivity contribution in [1.29, 1.82) is 0 Å². The van der Waals surface area contributed by atoms with E-state index in [1.807, 2.05) is 18.2 Å². The van der Waals surface area contributed by atoms with Gasteiger partial charge in [0.2, 0.25) is 0 Å². The van der Waals surface area contributed by atoms with Crippen molar-refractivity contribution in [3.63, 3.8) is 0 Å². The van der Waals surface area contributed by atoms with E-state index in [2.05, 4.69) is 0 Å². The Balaban J connectivity index is 2.11. The van der Waals surface area contributed by atoms with Crippen LogP contribution in [0.3, 0.4) is 0 Å². The molecule has 0 unspecified atom stereocenters. The average molecular weight is 285 g/mol. The summed E-state index contributed by atoms with van der Waals surface area (Å²) in [5.74, 6) is 0.695. The van der Waals surface area contributed by atoms with Gasteiger partial charge in [-0.3, -0.25) is 0 Å². The summed E-state index contributed by atoms with van der Waals surface area (Å²) in [5, 5.41) is 0.364. The van der Waals surface area contributed by atoms with Crippen LogP contribution < -0.4 is 4.74 Å². The third-order valence-electron chi connectivity index (χ3n) is 2.50. The van der Waals surface area contributed by atoms with E-state index < -0.39 is 0 Å². The fraction of sp³-hybridized carbons (Fsp3) is 0.143. The summed E-state index contributed by atoms with van der Waals surface area (Å²) in [6.45, 7) is 0.0945. The van der Waals surface area contributed by atoms with E-state index in [1.165, 1.54) is 6.07 Å². The minimum Gasteiger partial charge on any atom is -0.489 e. The van der Waals surface area contributed by atoms with E-state index in [0.717, 1.165) is 5.56 Å². The van der Waals surface area contributed by atoms with Crippen LogP contribution in [0.25, 0.3) is 0 Å². The molecule has 0 N–H and O–H groups in total. The topological polar surface area (TPSA) is 9.23 Å². The number of alkyl halides is 1. The van der Waals surface area contributed by atoms with Gasteiger partial charge in [-0.05, 0) is 29.8 Å². The fourth-order valence-electron chi connectivity index (χ4n) is 1.54. The van der Waals surface area contributed by atoms with Gasteiger partial charge < -0.3 is 4.74 Å². The number of rotatable bonds is 4. The highest BCUT2D eigenvalue weighted by Crippen LogP contribution is 2.22. The van der Waals surface area contributed by atoms with Gasteiger partial charge in [0.1, 0.15) is 18.2 Å². The van der Waals surface area contributed by atoms with Gasteiger partial charge in [0, 0.05) is 11.4 Å². The SMILES string of the molecule is Fc1cccc(Cl)c1COc1cccc(CCl)c1. The Bertz CT molecular complexity index is 523. The van der Waals surface area contributed by atoms with Crippen LogP contribution in [0.4, 0.5) is 4.39 Å². The summed E-state index contributed by atoms with van der Waals surface area (Å²) in [4.78, 5) is 0. The number of hydrogen-bond donors (Lipinski definition) is 0. The summed E-state index contributed by atoms with van der Waals surface area (Å²) in [6.07, 6.45) is 0. The molecule has 0 spiro atoms. The molecule has 0 radical (unpaired) electrons. The lowest BCUT2D eigenvalue weighted by atomic mass is 10.2. The summed E-state index contributed by atoms with van der Waals surface area (Å²) in [5.41, 5.74) is 1.31. The van der Waals surface area contributed by atoms with E-state index in [1.54, 1.807) is 18.2 Å². The Morgan fingerprint density at radius 2 is 1.89 bits per heavy atom. The molecule has 18 heavy (non-hydrogen) atoms. The first-order chi connectivity index (χ1) is 8.70. The third-order valence-corrected chi connectivity index (χ3v) is 3.16. The van der Waals surface area contributed by atoms with Gasteiger partial charge in [0.25, 0.3) is 0 Å². The van der Waals surface area contributed by atoms with E-state index >= 15 is 0 Å². The largest absolute Gasteiger partial charge is 0.489 e. The zero-order chi connectivity index (χ0) is 13.0. The van der Waals surface area contributed by atoms with Gasteiger partial charge in [-0.25, -0.2) is 4.39 Å². The maximum Gasteiger partial charge on any atom is 0.131 e. The monoisotopic (exact) mass is 284 g/mol. The van der Waals surface area contributed by atoms with Crippen molar-refractivity contribution in [2.75, 3.05) is 0 Å². The van der Waals surface area contributed by atoms with Crippen molar-refractivity contribution in [1.82, 2.24) is 0 Å². The predicted octanol–water partition coefficient (Wildman–Crippen LogP) is 4.80. The summed E-state index contributed by atoms with van der Waals surface area (Å²) >= 11 is 11.6. The second-order valence-electron chi connectivity index (χ2n) is 3.77. The molecule has 0 aliphatic carbocycles. The molecule has 0 heterocycles. The molecule has 0 saturated heterocycles. The van der Waals surface area contributed by atoms with E-state index in [-0.39, 0.29) is 12.4 Å². The lowest BCUT2D eigenvalue weighted by molar-refractivity contribution is 0.300. The highest BCUT2D eigenvalue weighted by molar-refractivity contribution is 6.31. The molecule has 2 aromatic carbocycles. The normalized spacial score (nSPS) is 10.4. The Labute approximate surface area is 115 Å². The van der Waals surface area contributed by atoms with Gasteiger partial charge in [-0.2, -0.15) is 0 Å². The first kappa shape index (κ1) is 13.2.